The average Bonchev–Trinajstić information content (AvgIpc) is 3.10. The zero-order valence-corrected chi connectivity index (χ0v) is 19.8. The Bertz CT molecular complexity index is 1060. The standard InChI is InChI=1S/C20H26AsN7O3/c1-3-31-10-9-28-17-16(13(2)26-28)24-20(27-8-4-5-14(11-27)19(29)30)25-18(17)21-15-6-7-22-12-23-15/h6-7,12,14,21H,3-5,8-11H2,1-2H3,(H,29,30)/t14-/m0/s1. The molecule has 0 saturated carbocycles. The minimum atomic E-state index is -0.872. The molecular formula is C20H26AsN7O3. The van der Waals surface area contributed by atoms with Gasteiger partial charge < -0.3 is 0 Å². The molecule has 1 saturated heterocycles. The van der Waals surface area contributed by atoms with E-state index in [-0.39, 0.29) is 0 Å². The van der Waals surface area contributed by atoms with Crippen LogP contribution in [0.5, 0.6) is 0 Å². The molecule has 0 amide bonds. The topological polar surface area (TPSA) is 119 Å². The van der Waals surface area contributed by atoms with Crippen LogP contribution < -0.4 is 13.9 Å². The first kappa shape index (κ1) is 21.6. The molecule has 2 atom stereocenters. The predicted molar refractivity (Wildman–Crippen MR) is 118 cm³/mol. The molecule has 1 aliphatic heterocycles. The Morgan fingerprint density at radius 2 is 2.26 bits per heavy atom. The molecule has 164 valence electrons. The molecule has 31 heavy (non-hydrogen) atoms. The predicted octanol–water partition coefficient (Wildman–Crippen LogP) is -0.350. The SMILES string of the molecule is CCOCCn1nc(C)c2nc(N3CCC[C@H](C(=O)O)C3)nc([AsH]c3ccncn3)c21. The van der Waals surface area contributed by atoms with E-state index in [4.69, 9.17) is 19.8 Å². The number of fused-ring (bicyclic) bond motifs is 1. The number of hydrogen-bond donors (Lipinski definition) is 1. The van der Waals surface area contributed by atoms with Crippen molar-refractivity contribution in [3.05, 3.63) is 24.3 Å². The Kier molecular flexibility index (Phi) is 6.77. The number of aliphatic carboxylic acids is 1. The van der Waals surface area contributed by atoms with E-state index < -0.39 is 27.6 Å². The molecule has 1 fully saturated rings. The number of rotatable bonds is 8. The third-order valence-corrected chi connectivity index (χ3v) is 7.66. The summed E-state index contributed by atoms with van der Waals surface area (Å²) in [6, 6.07) is 1.92. The average molecular weight is 487 g/mol. The van der Waals surface area contributed by atoms with Crippen molar-refractivity contribution < 1.29 is 14.6 Å². The van der Waals surface area contributed by atoms with Gasteiger partial charge in [-0.1, -0.05) is 0 Å². The van der Waals surface area contributed by atoms with E-state index >= 15 is 0 Å². The molecule has 3 aromatic rings. The zero-order chi connectivity index (χ0) is 21.8. The van der Waals surface area contributed by atoms with Gasteiger partial charge in [-0.2, -0.15) is 0 Å². The van der Waals surface area contributed by atoms with Crippen molar-refractivity contribution >= 4 is 47.7 Å². The molecule has 1 unspecified atom stereocenters. The fourth-order valence-electron chi connectivity index (χ4n) is 3.75. The number of piperidine rings is 1. The van der Waals surface area contributed by atoms with Gasteiger partial charge in [0.2, 0.25) is 0 Å². The summed E-state index contributed by atoms with van der Waals surface area (Å²) in [5.74, 6) is -0.580. The zero-order valence-electron chi connectivity index (χ0n) is 17.7. The summed E-state index contributed by atoms with van der Waals surface area (Å²) in [5, 5.41) is 14.2. The minimum absolute atomic E-state index is 0.399. The number of hydrogen-bond acceptors (Lipinski definition) is 8. The van der Waals surface area contributed by atoms with E-state index in [9.17, 15) is 9.90 Å². The molecule has 4 rings (SSSR count). The van der Waals surface area contributed by atoms with Crippen LogP contribution in [-0.4, -0.2) is 82.8 Å². The molecule has 0 radical (unpaired) electrons. The first-order valence-electron chi connectivity index (χ1n) is 10.4. The Morgan fingerprint density at radius 1 is 1.39 bits per heavy atom. The molecule has 0 spiro atoms. The monoisotopic (exact) mass is 487 g/mol. The molecule has 0 aliphatic carbocycles. The number of anilines is 1. The molecule has 1 aliphatic rings. The Labute approximate surface area is 186 Å². The number of nitrogens with zero attached hydrogens (tertiary/aromatic N) is 7. The van der Waals surface area contributed by atoms with Crippen LogP contribution in [0.2, 0.25) is 0 Å². The van der Waals surface area contributed by atoms with Gasteiger partial charge in [0, 0.05) is 0 Å². The van der Waals surface area contributed by atoms with Crippen LogP contribution in [0.3, 0.4) is 0 Å². The summed E-state index contributed by atoms with van der Waals surface area (Å²) in [5.41, 5.74) is 2.57. The van der Waals surface area contributed by atoms with Crippen molar-refractivity contribution in [1.82, 2.24) is 29.7 Å². The van der Waals surface area contributed by atoms with Gasteiger partial charge in [-0.05, 0) is 0 Å². The summed E-state index contributed by atoms with van der Waals surface area (Å²) in [4.78, 5) is 31.7. The fraction of sp³-hybridized carbons (Fsp3) is 0.500. The van der Waals surface area contributed by atoms with Gasteiger partial charge in [0.15, 0.2) is 0 Å². The van der Waals surface area contributed by atoms with Gasteiger partial charge in [-0.25, -0.2) is 0 Å². The van der Waals surface area contributed by atoms with Crippen LogP contribution >= 0.6 is 0 Å². The molecule has 10 nitrogen and oxygen atoms in total. The molecule has 1 N–H and O–H groups in total. The molecule has 11 heteroatoms. The second-order valence-electron chi connectivity index (χ2n) is 7.42. The van der Waals surface area contributed by atoms with Crippen LogP contribution in [0.25, 0.3) is 11.0 Å². The number of carbonyl (C=O) groups is 1. The van der Waals surface area contributed by atoms with Crippen molar-refractivity contribution in [3.8, 4) is 0 Å². The van der Waals surface area contributed by atoms with Gasteiger partial charge in [0.1, 0.15) is 0 Å². The third kappa shape index (κ3) is 4.85. The first-order chi connectivity index (χ1) is 15.1. The van der Waals surface area contributed by atoms with Crippen LogP contribution in [0.1, 0.15) is 25.5 Å². The van der Waals surface area contributed by atoms with E-state index in [2.05, 4.69) is 9.97 Å². The quantitative estimate of drug-likeness (QED) is 0.336. The maximum absolute atomic E-state index is 11.5. The Morgan fingerprint density at radius 3 is 3.00 bits per heavy atom. The molecule has 4 heterocycles. The maximum atomic E-state index is 11.5. The molecular weight excluding hydrogens is 461 g/mol. The summed E-state index contributed by atoms with van der Waals surface area (Å²) in [6.45, 7) is 6.92. The normalized spacial score (nSPS) is 17.1. The van der Waals surface area contributed by atoms with Crippen LogP contribution in [-0.2, 0) is 16.1 Å². The fourth-order valence-corrected chi connectivity index (χ4v) is 5.94. The van der Waals surface area contributed by atoms with Crippen molar-refractivity contribution in [2.45, 2.75) is 33.2 Å². The van der Waals surface area contributed by atoms with Crippen molar-refractivity contribution in [3.63, 3.8) is 0 Å². The van der Waals surface area contributed by atoms with Gasteiger partial charge in [-0.3, -0.25) is 0 Å². The van der Waals surface area contributed by atoms with E-state index in [1.807, 2.05) is 29.5 Å². The number of ether oxygens (including phenoxy) is 1. The van der Waals surface area contributed by atoms with E-state index in [0.717, 1.165) is 38.7 Å². The van der Waals surface area contributed by atoms with Crippen molar-refractivity contribution in [1.29, 1.82) is 0 Å². The van der Waals surface area contributed by atoms with Gasteiger partial charge in [0.05, 0.1) is 0 Å². The third-order valence-electron chi connectivity index (χ3n) is 5.28. The van der Waals surface area contributed by atoms with Crippen LogP contribution in [0.15, 0.2) is 18.6 Å². The second kappa shape index (κ2) is 9.70. The molecule has 0 bridgehead atoms. The number of carboxylic acids is 1. The van der Waals surface area contributed by atoms with E-state index in [1.54, 1.807) is 12.5 Å². The number of carboxylic acid groups (broad SMARTS) is 1. The van der Waals surface area contributed by atoms with Crippen LogP contribution in [0, 0.1) is 12.8 Å². The molecule has 3 aromatic heterocycles. The number of aryl methyl sites for hydroxylation is 1. The Hall–Kier alpha value is -2.58. The summed E-state index contributed by atoms with van der Waals surface area (Å²) < 4.78 is 9.37. The second-order valence-corrected chi connectivity index (χ2v) is 10.0. The Balaban J connectivity index is 1.76. The summed E-state index contributed by atoms with van der Waals surface area (Å²) in [7, 11) is 0. The van der Waals surface area contributed by atoms with Gasteiger partial charge in [0.25, 0.3) is 0 Å². The van der Waals surface area contributed by atoms with Crippen molar-refractivity contribution in [2.75, 3.05) is 31.2 Å². The van der Waals surface area contributed by atoms with Gasteiger partial charge >= 0.3 is 187 Å². The number of aromatic nitrogens is 6. The summed E-state index contributed by atoms with van der Waals surface area (Å²) in [6.07, 6.45) is 4.79. The van der Waals surface area contributed by atoms with E-state index in [1.165, 1.54) is 0 Å². The molecule has 0 aromatic carbocycles. The summed E-state index contributed by atoms with van der Waals surface area (Å²) >= 11 is -0.872. The van der Waals surface area contributed by atoms with Gasteiger partial charge in [-0.15, -0.1) is 0 Å². The van der Waals surface area contributed by atoms with E-state index in [0.29, 0.717) is 38.7 Å². The van der Waals surface area contributed by atoms with Crippen LogP contribution in [0.4, 0.5) is 5.95 Å². The first-order valence-corrected chi connectivity index (χ1v) is 12.5. The van der Waals surface area contributed by atoms with Crippen molar-refractivity contribution in [2.24, 2.45) is 5.92 Å².